The molecule has 0 radical (unpaired) electrons. The van der Waals surface area contributed by atoms with Crippen molar-refractivity contribution in [1.82, 2.24) is 20.5 Å². The number of sulfone groups is 1. The van der Waals surface area contributed by atoms with Crippen LogP contribution in [0.4, 0.5) is 23.2 Å². The Labute approximate surface area is 226 Å². The van der Waals surface area contributed by atoms with Gasteiger partial charge in [-0.3, -0.25) is 5.01 Å². The number of halogens is 5. The monoisotopic (exact) mass is 577 g/mol. The van der Waals surface area contributed by atoms with Crippen LogP contribution in [-0.4, -0.2) is 24.2 Å². The van der Waals surface area contributed by atoms with Gasteiger partial charge in [-0.05, 0) is 60.5 Å². The van der Waals surface area contributed by atoms with Crippen LogP contribution >= 0.6 is 11.6 Å². The number of aromatic nitrogens is 2. The fourth-order valence-electron chi connectivity index (χ4n) is 4.19. The van der Waals surface area contributed by atoms with Crippen molar-refractivity contribution in [3.63, 3.8) is 0 Å². The molecule has 2 N–H and O–H groups in total. The largest absolute Gasteiger partial charge is 0.434 e. The quantitative estimate of drug-likeness (QED) is 0.288. The van der Waals surface area contributed by atoms with Crippen molar-refractivity contribution in [1.29, 1.82) is 0 Å². The number of benzene rings is 3. The topological polar surface area (TPSA) is 79.3 Å². The number of nitrogens with one attached hydrogen (secondary N) is 2. The van der Waals surface area contributed by atoms with Gasteiger partial charge in [0.05, 0.1) is 27.0 Å². The summed E-state index contributed by atoms with van der Waals surface area (Å²) in [6.07, 6.45) is -1.05. The normalized spacial score (nSPS) is 13.9. The van der Waals surface area contributed by atoms with E-state index in [0.29, 0.717) is 33.8 Å². The molecule has 0 saturated carbocycles. The lowest BCUT2D eigenvalue weighted by Gasteiger charge is -2.26. The fourth-order valence-corrected chi connectivity index (χ4v) is 5.04. The summed E-state index contributed by atoms with van der Waals surface area (Å²) in [5.74, 6) is -0.508. The minimum atomic E-state index is -4.65. The third-order valence-electron chi connectivity index (χ3n) is 6.09. The van der Waals surface area contributed by atoms with Crippen LogP contribution in [0.15, 0.2) is 78.0 Å². The molecule has 0 spiro atoms. The van der Waals surface area contributed by atoms with Crippen LogP contribution in [0.25, 0.3) is 22.5 Å². The number of nitrogens with zero attached hydrogens (tertiary/aromatic N) is 3. The second-order valence-corrected chi connectivity index (χ2v) is 11.2. The fraction of sp³-hybridized carbons (Fsp3) is 0.115. The number of anilines is 1. The third-order valence-corrected chi connectivity index (χ3v) is 7.49. The minimum Gasteiger partial charge on any atom is -0.309 e. The van der Waals surface area contributed by atoms with Crippen molar-refractivity contribution in [2.24, 2.45) is 0 Å². The number of imidazole rings is 1. The van der Waals surface area contributed by atoms with Gasteiger partial charge in [0.15, 0.2) is 15.5 Å². The Kier molecular flexibility index (Phi) is 6.65. The molecule has 0 saturated heterocycles. The Balaban J connectivity index is 1.70. The summed E-state index contributed by atoms with van der Waals surface area (Å²) >= 11 is 6.01. The summed E-state index contributed by atoms with van der Waals surface area (Å²) in [6.45, 7) is 1.45. The zero-order valence-electron chi connectivity index (χ0n) is 20.4. The van der Waals surface area contributed by atoms with Crippen LogP contribution in [0.2, 0.25) is 5.02 Å². The van der Waals surface area contributed by atoms with Crippen LogP contribution in [0.5, 0.6) is 0 Å². The zero-order chi connectivity index (χ0) is 28.1. The van der Waals surface area contributed by atoms with Gasteiger partial charge in [0.1, 0.15) is 11.6 Å². The van der Waals surface area contributed by atoms with Gasteiger partial charge in [0.25, 0.3) is 0 Å². The van der Waals surface area contributed by atoms with E-state index in [9.17, 15) is 26.0 Å². The Morgan fingerprint density at radius 2 is 1.67 bits per heavy atom. The molecule has 0 fully saturated rings. The molecule has 4 aromatic rings. The maximum absolute atomic E-state index is 13.9. The van der Waals surface area contributed by atoms with Crippen molar-refractivity contribution in [2.75, 3.05) is 11.3 Å². The Morgan fingerprint density at radius 1 is 0.949 bits per heavy atom. The van der Waals surface area contributed by atoms with E-state index >= 15 is 0 Å². The van der Waals surface area contributed by atoms with Gasteiger partial charge in [-0.1, -0.05) is 29.8 Å². The van der Waals surface area contributed by atoms with Crippen LogP contribution < -0.4 is 16.0 Å². The lowest BCUT2D eigenvalue weighted by molar-refractivity contribution is -0.141. The molecular weight excluding hydrogens is 558 g/mol. The summed E-state index contributed by atoms with van der Waals surface area (Å²) in [6, 6.07) is 15.5. The molecule has 0 unspecified atom stereocenters. The first-order chi connectivity index (χ1) is 18.3. The maximum atomic E-state index is 13.9. The molecule has 0 bridgehead atoms. The van der Waals surface area contributed by atoms with Gasteiger partial charge in [0, 0.05) is 24.2 Å². The Bertz CT molecular complexity index is 1730. The molecule has 13 heteroatoms. The van der Waals surface area contributed by atoms with E-state index in [0.717, 1.165) is 12.5 Å². The van der Waals surface area contributed by atoms with Gasteiger partial charge in [-0.15, -0.1) is 5.53 Å². The third kappa shape index (κ3) is 5.22. The number of aryl methyl sites for hydroxylation is 1. The first kappa shape index (κ1) is 26.7. The highest BCUT2D eigenvalue weighted by molar-refractivity contribution is 7.90. The van der Waals surface area contributed by atoms with E-state index in [1.165, 1.54) is 41.8 Å². The molecule has 1 aliphatic heterocycles. The van der Waals surface area contributed by atoms with E-state index in [-0.39, 0.29) is 15.7 Å². The van der Waals surface area contributed by atoms with E-state index in [1.807, 2.05) is 0 Å². The molecule has 39 heavy (non-hydrogen) atoms. The molecule has 1 aliphatic rings. The summed E-state index contributed by atoms with van der Waals surface area (Å²) in [5.41, 5.74) is 7.66. The first-order valence-corrected chi connectivity index (χ1v) is 13.6. The molecule has 7 nitrogen and oxygen atoms in total. The lowest BCUT2D eigenvalue weighted by atomic mass is 10.0. The molecule has 1 aromatic heterocycles. The number of hydrazine groups is 2. The summed E-state index contributed by atoms with van der Waals surface area (Å²) in [7, 11) is -3.48. The molecule has 2 heterocycles. The van der Waals surface area contributed by atoms with Gasteiger partial charge < -0.3 is 9.99 Å². The highest BCUT2D eigenvalue weighted by atomic mass is 35.5. The van der Waals surface area contributed by atoms with Gasteiger partial charge in [-0.25, -0.2) is 17.8 Å². The van der Waals surface area contributed by atoms with E-state index < -0.39 is 27.5 Å². The number of alkyl halides is 3. The summed E-state index contributed by atoms with van der Waals surface area (Å²) < 4.78 is 79.8. The predicted molar refractivity (Wildman–Crippen MR) is 140 cm³/mol. The molecule has 3 aromatic carbocycles. The van der Waals surface area contributed by atoms with Gasteiger partial charge >= 0.3 is 6.18 Å². The highest BCUT2D eigenvalue weighted by Gasteiger charge is 2.35. The van der Waals surface area contributed by atoms with E-state index in [1.54, 1.807) is 41.5 Å². The number of rotatable bonds is 5. The van der Waals surface area contributed by atoms with Crippen LogP contribution in [0, 0.1) is 12.7 Å². The molecule has 0 atom stereocenters. The van der Waals surface area contributed by atoms with Crippen LogP contribution in [-0.2, 0) is 16.0 Å². The SMILES string of the molecule is Cc1nc(C(F)(F)F)cn1-c1ccc(-c2cccc(S(C)(=O)=O)c2)cc1N1NNC=C1c1ccc(F)c(Cl)c1. The lowest BCUT2D eigenvalue weighted by Crippen LogP contribution is -2.37. The van der Waals surface area contributed by atoms with Crippen molar-refractivity contribution in [2.45, 2.75) is 18.0 Å². The van der Waals surface area contributed by atoms with Crippen molar-refractivity contribution in [3.05, 3.63) is 101 Å². The molecule has 5 rings (SSSR count). The minimum absolute atomic E-state index is 0.0953. The van der Waals surface area contributed by atoms with Gasteiger partial charge in [0.2, 0.25) is 0 Å². The van der Waals surface area contributed by atoms with Crippen molar-refractivity contribution in [3.8, 4) is 16.8 Å². The van der Waals surface area contributed by atoms with Crippen LogP contribution in [0.1, 0.15) is 17.1 Å². The standard InChI is InChI=1S/C26H20ClF4N5O2S/c1-15-33-25(26(29,30)31)14-35(15)22-9-7-17(16-4-3-5-19(10-16)39(2,37)38)12-23(22)36-24(13-32-34-36)18-6-8-21(28)20(27)11-18/h3-14,32,34H,1-2H3. The average molecular weight is 578 g/mol. The Hall–Kier alpha value is -3.87. The summed E-state index contributed by atoms with van der Waals surface area (Å²) in [4.78, 5) is 3.81. The van der Waals surface area contributed by atoms with E-state index in [4.69, 9.17) is 11.6 Å². The predicted octanol–water partition coefficient (Wildman–Crippen LogP) is 5.89. The van der Waals surface area contributed by atoms with Crippen molar-refractivity contribution < 1.29 is 26.0 Å². The zero-order valence-corrected chi connectivity index (χ0v) is 22.0. The summed E-state index contributed by atoms with van der Waals surface area (Å²) in [5, 5.41) is 1.46. The first-order valence-electron chi connectivity index (χ1n) is 11.4. The Morgan fingerprint density at radius 3 is 2.33 bits per heavy atom. The van der Waals surface area contributed by atoms with Gasteiger partial charge in [-0.2, -0.15) is 13.2 Å². The molecule has 0 aliphatic carbocycles. The number of hydrogen-bond acceptors (Lipinski definition) is 6. The number of hydrogen-bond donors (Lipinski definition) is 2. The van der Waals surface area contributed by atoms with E-state index in [2.05, 4.69) is 15.9 Å². The maximum Gasteiger partial charge on any atom is 0.434 e. The smallest absolute Gasteiger partial charge is 0.309 e. The second kappa shape index (κ2) is 9.70. The molecule has 0 amide bonds. The van der Waals surface area contributed by atoms with Crippen molar-refractivity contribution >= 4 is 32.8 Å². The average Bonchev–Trinajstić information content (AvgIpc) is 3.52. The molecular formula is C26H20ClF4N5O2S. The highest BCUT2D eigenvalue weighted by Crippen LogP contribution is 2.38. The molecule has 202 valence electrons. The van der Waals surface area contributed by atoms with Crippen LogP contribution in [0.3, 0.4) is 0 Å². The second-order valence-electron chi connectivity index (χ2n) is 8.79.